The van der Waals surface area contributed by atoms with Crippen molar-refractivity contribution in [2.45, 2.75) is 6.92 Å². The maximum atomic E-state index is 12.3. The third-order valence-electron chi connectivity index (χ3n) is 3.54. The lowest BCUT2D eigenvalue weighted by Gasteiger charge is -2.10. The van der Waals surface area contributed by atoms with E-state index in [0.717, 1.165) is 16.9 Å². The van der Waals surface area contributed by atoms with Crippen molar-refractivity contribution in [1.82, 2.24) is 4.57 Å². The van der Waals surface area contributed by atoms with Gasteiger partial charge in [0, 0.05) is 35.0 Å². The van der Waals surface area contributed by atoms with Gasteiger partial charge in [-0.1, -0.05) is 6.07 Å². The number of amides is 1. The van der Waals surface area contributed by atoms with Gasteiger partial charge in [-0.3, -0.25) is 4.79 Å². The fraction of sp³-hybridized carbons (Fsp3) is 0.0556. The number of nitrogens with two attached hydrogens (primary N) is 1. The van der Waals surface area contributed by atoms with Gasteiger partial charge in [-0.15, -0.1) is 0 Å². The summed E-state index contributed by atoms with van der Waals surface area (Å²) < 4.78 is 1.99. The number of benzene rings is 2. The van der Waals surface area contributed by atoms with Crippen LogP contribution >= 0.6 is 0 Å². The molecule has 3 rings (SSSR count). The molecule has 4 heteroatoms. The zero-order valence-electron chi connectivity index (χ0n) is 12.3. The highest BCUT2D eigenvalue weighted by atomic mass is 16.1. The summed E-state index contributed by atoms with van der Waals surface area (Å²) >= 11 is 0. The molecular formula is C18H17N3O. The number of rotatable bonds is 3. The Hall–Kier alpha value is -3.01. The number of carbonyl (C=O) groups is 1. The van der Waals surface area contributed by atoms with Gasteiger partial charge in [0.2, 0.25) is 0 Å². The molecule has 110 valence electrons. The van der Waals surface area contributed by atoms with Gasteiger partial charge in [0.1, 0.15) is 0 Å². The van der Waals surface area contributed by atoms with Crippen LogP contribution in [0.1, 0.15) is 15.9 Å². The molecule has 1 heterocycles. The van der Waals surface area contributed by atoms with Crippen molar-refractivity contribution in [3.05, 3.63) is 78.1 Å². The van der Waals surface area contributed by atoms with E-state index in [4.69, 9.17) is 5.73 Å². The second kappa shape index (κ2) is 5.77. The van der Waals surface area contributed by atoms with Crippen molar-refractivity contribution in [2.24, 2.45) is 0 Å². The standard InChI is InChI=1S/C18H17N3O/c1-13-4-7-15(19)12-17(13)20-18(22)14-5-8-16(9-6-14)21-10-2-3-11-21/h2-12H,19H2,1H3,(H,20,22). The van der Waals surface area contributed by atoms with Crippen LogP contribution in [0.3, 0.4) is 0 Å². The van der Waals surface area contributed by atoms with Crippen LogP contribution in [0.5, 0.6) is 0 Å². The second-order valence-corrected chi connectivity index (χ2v) is 5.17. The van der Waals surface area contributed by atoms with Crippen molar-refractivity contribution in [2.75, 3.05) is 11.1 Å². The zero-order chi connectivity index (χ0) is 15.5. The van der Waals surface area contributed by atoms with Crippen LogP contribution < -0.4 is 11.1 Å². The van der Waals surface area contributed by atoms with E-state index in [-0.39, 0.29) is 5.91 Å². The molecule has 0 aliphatic carbocycles. The van der Waals surface area contributed by atoms with Gasteiger partial charge in [-0.05, 0) is 61.0 Å². The van der Waals surface area contributed by atoms with Crippen LogP contribution in [0.15, 0.2) is 67.0 Å². The summed E-state index contributed by atoms with van der Waals surface area (Å²) in [4.78, 5) is 12.3. The predicted octanol–water partition coefficient (Wildman–Crippen LogP) is 3.62. The average molecular weight is 291 g/mol. The lowest BCUT2D eigenvalue weighted by Crippen LogP contribution is -2.13. The summed E-state index contributed by atoms with van der Waals surface area (Å²) in [6.07, 6.45) is 3.93. The van der Waals surface area contributed by atoms with Crippen LogP contribution in [-0.4, -0.2) is 10.5 Å². The molecule has 22 heavy (non-hydrogen) atoms. The lowest BCUT2D eigenvalue weighted by molar-refractivity contribution is 0.102. The van der Waals surface area contributed by atoms with Crippen LogP contribution in [0.2, 0.25) is 0 Å². The van der Waals surface area contributed by atoms with Crippen molar-refractivity contribution in [3.63, 3.8) is 0 Å². The lowest BCUT2D eigenvalue weighted by atomic mass is 10.1. The molecule has 0 fully saturated rings. The van der Waals surface area contributed by atoms with Crippen LogP contribution in [0.4, 0.5) is 11.4 Å². The smallest absolute Gasteiger partial charge is 0.255 e. The molecule has 0 aliphatic rings. The minimum Gasteiger partial charge on any atom is -0.399 e. The maximum Gasteiger partial charge on any atom is 0.255 e. The molecule has 0 aliphatic heterocycles. The van der Waals surface area contributed by atoms with Gasteiger partial charge in [-0.25, -0.2) is 0 Å². The third-order valence-corrected chi connectivity index (χ3v) is 3.54. The first-order valence-electron chi connectivity index (χ1n) is 7.04. The van der Waals surface area contributed by atoms with Crippen LogP contribution in [0, 0.1) is 6.92 Å². The largest absolute Gasteiger partial charge is 0.399 e. The SMILES string of the molecule is Cc1ccc(N)cc1NC(=O)c1ccc(-n2cccc2)cc1. The van der Waals surface area contributed by atoms with Gasteiger partial charge < -0.3 is 15.6 Å². The van der Waals surface area contributed by atoms with Crippen molar-refractivity contribution in [3.8, 4) is 5.69 Å². The summed E-state index contributed by atoms with van der Waals surface area (Å²) in [6.45, 7) is 1.93. The summed E-state index contributed by atoms with van der Waals surface area (Å²) in [7, 11) is 0. The van der Waals surface area contributed by atoms with E-state index in [2.05, 4.69) is 5.32 Å². The number of nitrogens with zero attached hydrogens (tertiary/aromatic N) is 1. The van der Waals surface area contributed by atoms with Crippen molar-refractivity contribution < 1.29 is 4.79 Å². The van der Waals surface area contributed by atoms with E-state index in [0.29, 0.717) is 11.3 Å². The molecule has 4 nitrogen and oxygen atoms in total. The van der Waals surface area contributed by atoms with Crippen molar-refractivity contribution >= 4 is 17.3 Å². The van der Waals surface area contributed by atoms with Gasteiger partial charge in [-0.2, -0.15) is 0 Å². The fourth-order valence-electron chi connectivity index (χ4n) is 2.26. The van der Waals surface area contributed by atoms with E-state index < -0.39 is 0 Å². The Morgan fingerprint density at radius 2 is 1.73 bits per heavy atom. The first kappa shape index (κ1) is 13.9. The highest BCUT2D eigenvalue weighted by Gasteiger charge is 2.08. The first-order valence-corrected chi connectivity index (χ1v) is 7.04. The average Bonchev–Trinajstić information content (AvgIpc) is 3.05. The molecule has 0 saturated heterocycles. The Kier molecular flexibility index (Phi) is 3.66. The minimum atomic E-state index is -0.146. The number of nitrogens with one attached hydrogen (secondary N) is 1. The van der Waals surface area contributed by atoms with E-state index in [1.165, 1.54) is 0 Å². The van der Waals surface area contributed by atoms with E-state index in [1.54, 1.807) is 6.07 Å². The highest BCUT2D eigenvalue weighted by molar-refractivity contribution is 6.04. The molecule has 0 bridgehead atoms. The van der Waals surface area contributed by atoms with Crippen LogP contribution in [-0.2, 0) is 0 Å². The summed E-state index contributed by atoms with van der Waals surface area (Å²) in [5.41, 5.74) is 9.73. The summed E-state index contributed by atoms with van der Waals surface area (Å²) in [5, 5.41) is 2.90. The molecule has 3 N–H and O–H groups in total. The van der Waals surface area contributed by atoms with E-state index in [9.17, 15) is 4.79 Å². The molecule has 3 aromatic rings. The number of carbonyl (C=O) groups excluding carboxylic acids is 1. The first-order chi connectivity index (χ1) is 10.6. The zero-order valence-corrected chi connectivity index (χ0v) is 12.3. The Labute approximate surface area is 129 Å². The van der Waals surface area contributed by atoms with Gasteiger partial charge >= 0.3 is 0 Å². The Morgan fingerprint density at radius 3 is 2.41 bits per heavy atom. The number of aryl methyl sites for hydroxylation is 1. The minimum absolute atomic E-state index is 0.146. The van der Waals surface area contributed by atoms with Gasteiger partial charge in [0.05, 0.1) is 0 Å². The van der Waals surface area contributed by atoms with Gasteiger partial charge in [0.25, 0.3) is 5.91 Å². The number of hydrogen-bond acceptors (Lipinski definition) is 2. The summed E-state index contributed by atoms with van der Waals surface area (Å²) in [6, 6.07) is 16.9. The molecule has 0 saturated carbocycles. The third kappa shape index (κ3) is 2.86. The molecule has 0 unspecified atom stereocenters. The fourth-order valence-corrected chi connectivity index (χ4v) is 2.26. The normalized spacial score (nSPS) is 10.4. The Balaban J connectivity index is 1.79. The van der Waals surface area contributed by atoms with Crippen LogP contribution in [0.25, 0.3) is 5.69 Å². The number of nitrogen functional groups attached to an aromatic ring is 1. The predicted molar refractivity (Wildman–Crippen MR) is 89.3 cm³/mol. The molecule has 2 aromatic carbocycles. The van der Waals surface area contributed by atoms with E-state index in [1.807, 2.05) is 72.4 Å². The monoisotopic (exact) mass is 291 g/mol. The summed E-state index contributed by atoms with van der Waals surface area (Å²) in [5.74, 6) is -0.146. The number of hydrogen-bond donors (Lipinski definition) is 2. The number of aromatic nitrogens is 1. The van der Waals surface area contributed by atoms with Gasteiger partial charge in [0.15, 0.2) is 0 Å². The molecule has 1 amide bonds. The molecule has 0 atom stereocenters. The Morgan fingerprint density at radius 1 is 1.05 bits per heavy atom. The topological polar surface area (TPSA) is 60.0 Å². The molecule has 0 radical (unpaired) electrons. The van der Waals surface area contributed by atoms with E-state index >= 15 is 0 Å². The molecule has 1 aromatic heterocycles. The molecule has 0 spiro atoms. The second-order valence-electron chi connectivity index (χ2n) is 5.17. The van der Waals surface area contributed by atoms with Crippen molar-refractivity contribution in [1.29, 1.82) is 0 Å². The maximum absolute atomic E-state index is 12.3. The Bertz CT molecular complexity index is 790. The highest BCUT2D eigenvalue weighted by Crippen LogP contribution is 2.19. The quantitative estimate of drug-likeness (QED) is 0.724. The molecular weight excluding hydrogens is 274 g/mol. The number of anilines is 2.